The molecule has 1 amide bonds. The van der Waals surface area contributed by atoms with E-state index in [1.807, 2.05) is 18.2 Å². The number of ether oxygens (including phenoxy) is 2. The van der Waals surface area contributed by atoms with Gasteiger partial charge in [0.1, 0.15) is 0 Å². The van der Waals surface area contributed by atoms with Gasteiger partial charge in [0.25, 0.3) is 0 Å². The first-order valence-corrected chi connectivity index (χ1v) is 9.39. The van der Waals surface area contributed by atoms with E-state index in [1.54, 1.807) is 11.8 Å². The van der Waals surface area contributed by atoms with Crippen molar-refractivity contribution < 1.29 is 19.4 Å². The van der Waals surface area contributed by atoms with E-state index in [9.17, 15) is 9.90 Å². The Labute approximate surface area is 158 Å². The summed E-state index contributed by atoms with van der Waals surface area (Å²) in [5.41, 5.74) is 0. The Morgan fingerprint density at radius 3 is 2.84 bits per heavy atom. The van der Waals surface area contributed by atoms with Crippen LogP contribution in [-0.2, 0) is 4.79 Å². The summed E-state index contributed by atoms with van der Waals surface area (Å²) in [7, 11) is 0. The fourth-order valence-corrected chi connectivity index (χ4v) is 3.63. The molecule has 2 heterocycles. The van der Waals surface area contributed by atoms with Crippen LogP contribution in [0.4, 0.5) is 0 Å². The van der Waals surface area contributed by atoms with Gasteiger partial charge in [0.2, 0.25) is 5.91 Å². The van der Waals surface area contributed by atoms with Crippen molar-refractivity contribution in [1.29, 1.82) is 0 Å². The Morgan fingerprint density at radius 1 is 1.28 bits per heavy atom. The lowest BCUT2D eigenvalue weighted by Crippen LogP contribution is -2.34. The van der Waals surface area contributed by atoms with Gasteiger partial charge < -0.3 is 25.2 Å². The van der Waals surface area contributed by atoms with Crippen LogP contribution < -0.4 is 20.1 Å². The van der Waals surface area contributed by atoms with E-state index in [2.05, 4.69) is 10.6 Å². The van der Waals surface area contributed by atoms with Gasteiger partial charge >= 0.3 is 0 Å². The SMILES string of the molecule is Cl.O=C(CCSc1ccc2c(c1)OCCCO2)NCC1CNCC1O. The molecule has 0 aromatic heterocycles. The van der Waals surface area contributed by atoms with Gasteiger partial charge in [-0.25, -0.2) is 0 Å². The second kappa shape index (κ2) is 10.1. The Balaban J connectivity index is 0.00000225. The van der Waals surface area contributed by atoms with Gasteiger partial charge in [-0.1, -0.05) is 0 Å². The van der Waals surface area contributed by atoms with E-state index < -0.39 is 0 Å². The zero-order chi connectivity index (χ0) is 16.8. The second-order valence-corrected chi connectivity index (χ2v) is 7.22. The summed E-state index contributed by atoms with van der Waals surface area (Å²) in [4.78, 5) is 13.0. The van der Waals surface area contributed by atoms with Gasteiger partial charge in [0.05, 0.1) is 19.3 Å². The number of fused-ring (bicyclic) bond motifs is 1. The van der Waals surface area contributed by atoms with Crippen molar-refractivity contribution in [1.82, 2.24) is 10.6 Å². The van der Waals surface area contributed by atoms with Crippen LogP contribution in [0.5, 0.6) is 11.5 Å². The number of thioether (sulfide) groups is 1. The van der Waals surface area contributed by atoms with Gasteiger partial charge in [-0.15, -0.1) is 24.2 Å². The van der Waals surface area contributed by atoms with Crippen molar-refractivity contribution in [3.8, 4) is 11.5 Å². The standard InChI is InChI=1S/C17H24N2O4S.ClH/c20-14-11-18-9-12(14)10-19-17(21)4-7-24-13-2-3-15-16(8-13)23-6-1-5-22-15;/h2-3,8,12,14,18,20H,1,4-7,9-11H2,(H,19,21);1H. The molecule has 1 saturated heterocycles. The highest BCUT2D eigenvalue weighted by atomic mass is 35.5. The van der Waals surface area contributed by atoms with Gasteiger partial charge in [0, 0.05) is 49.0 Å². The summed E-state index contributed by atoms with van der Waals surface area (Å²) in [5, 5.41) is 15.7. The van der Waals surface area contributed by atoms with Crippen LogP contribution in [0.1, 0.15) is 12.8 Å². The monoisotopic (exact) mass is 388 g/mol. The minimum absolute atomic E-state index is 0. The average molecular weight is 389 g/mol. The average Bonchev–Trinajstić information content (AvgIpc) is 2.85. The van der Waals surface area contributed by atoms with E-state index in [1.165, 1.54) is 0 Å². The number of nitrogens with one attached hydrogen (secondary N) is 2. The second-order valence-electron chi connectivity index (χ2n) is 6.05. The van der Waals surface area contributed by atoms with E-state index in [4.69, 9.17) is 9.47 Å². The number of benzene rings is 1. The molecule has 8 heteroatoms. The van der Waals surface area contributed by atoms with Gasteiger partial charge in [0.15, 0.2) is 11.5 Å². The molecule has 0 saturated carbocycles. The normalized spacial score (nSPS) is 22.0. The first-order chi connectivity index (χ1) is 11.7. The number of rotatable bonds is 6. The number of amides is 1. The highest BCUT2D eigenvalue weighted by Gasteiger charge is 2.24. The predicted molar refractivity (Wildman–Crippen MR) is 100 cm³/mol. The summed E-state index contributed by atoms with van der Waals surface area (Å²) in [6.45, 7) is 3.26. The molecule has 3 rings (SSSR count). The van der Waals surface area contributed by atoms with E-state index >= 15 is 0 Å². The largest absolute Gasteiger partial charge is 0.490 e. The molecule has 2 aliphatic rings. The van der Waals surface area contributed by atoms with Crippen LogP contribution in [0, 0.1) is 5.92 Å². The summed E-state index contributed by atoms with van der Waals surface area (Å²) >= 11 is 1.63. The zero-order valence-corrected chi connectivity index (χ0v) is 15.7. The third-order valence-corrected chi connectivity index (χ3v) is 5.18. The molecule has 2 atom stereocenters. The minimum Gasteiger partial charge on any atom is -0.490 e. The molecule has 1 aromatic rings. The summed E-state index contributed by atoms with van der Waals surface area (Å²) in [5.74, 6) is 2.42. The van der Waals surface area contributed by atoms with Crippen LogP contribution in [0.2, 0.25) is 0 Å². The van der Waals surface area contributed by atoms with Crippen molar-refractivity contribution in [2.45, 2.75) is 23.8 Å². The van der Waals surface area contributed by atoms with Crippen LogP contribution in [0.3, 0.4) is 0 Å². The Bertz CT molecular complexity index is 576. The third kappa shape index (κ3) is 5.95. The lowest BCUT2D eigenvalue weighted by atomic mass is 10.1. The molecule has 1 fully saturated rings. The van der Waals surface area contributed by atoms with Crippen molar-refractivity contribution in [2.75, 3.05) is 38.6 Å². The summed E-state index contributed by atoms with van der Waals surface area (Å²) in [6, 6.07) is 5.90. The smallest absolute Gasteiger partial charge is 0.220 e. The number of hydrogen-bond acceptors (Lipinski definition) is 6. The molecule has 2 aliphatic heterocycles. The van der Waals surface area contributed by atoms with E-state index in [-0.39, 0.29) is 30.3 Å². The van der Waals surface area contributed by atoms with Crippen LogP contribution in [0.15, 0.2) is 23.1 Å². The Morgan fingerprint density at radius 2 is 2.08 bits per heavy atom. The maximum absolute atomic E-state index is 11.9. The highest BCUT2D eigenvalue weighted by molar-refractivity contribution is 7.99. The molecule has 140 valence electrons. The van der Waals surface area contributed by atoms with Crippen molar-refractivity contribution in [3.63, 3.8) is 0 Å². The molecule has 0 bridgehead atoms. The maximum atomic E-state index is 11.9. The van der Waals surface area contributed by atoms with Gasteiger partial charge in [-0.3, -0.25) is 4.79 Å². The zero-order valence-electron chi connectivity index (χ0n) is 14.0. The van der Waals surface area contributed by atoms with Crippen LogP contribution in [-0.4, -0.2) is 55.7 Å². The van der Waals surface area contributed by atoms with Gasteiger partial charge in [-0.2, -0.15) is 0 Å². The summed E-state index contributed by atoms with van der Waals surface area (Å²) < 4.78 is 11.3. The number of hydrogen-bond donors (Lipinski definition) is 3. The fourth-order valence-electron chi connectivity index (χ4n) is 2.76. The lowest BCUT2D eigenvalue weighted by Gasteiger charge is -2.14. The number of aliphatic hydroxyl groups excluding tert-OH is 1. The number of halogens is 1. The lowest BCUT2D eigenvalue weighted by molar-refractivity contribution is -0.120. The number of carbonyl (C=O) groups is 1. The molecule has 0 aliphatic carbocycles. The third-order valence-electron chi connectivity index (χ3n) is 4.18. The minimum atomic E-state index is -0.360. The van der Waals surface area contributed by atoms with Gasteiger partial charge in [-0.05, 0) is 18.2 Å². The fraction of sp³-hybridized carbons (Fsp3) is 0.588. The number of aliphatic hydroxyl groups is 1. The maximum Gasteiger partial charge on any atom is 0.220 e. The predicted octanol–water partition coefficient (Wildman–Crippen LogP) is 1.45. The molecule has 2 unspecified atom stereocenters. The first kappa shape index (κ1) is 20.2. The number of carbonyl (C=O) groups excluding carboxylic acids is 1. The summed E-state index contributed by atoms with van der Waals surface area (Å²) in [6.07, 6.45) is 0.985. The van der Waals surface area contributed by atoms with Crippen molar-refractivity contribution >= 4 is 30.1 Å². The highest BCUT2D eigenvalue weighted by Crippen LogP contribution is 2.33. The molecule has 6 nitrogen and oxygen atoms in total. The van der Waals surface area contributed by atoms with Crippen LogP contribution in [0.25, 0.3) is 0 Å². The molecule has 0 spiro atoms. The van der Waals surface area contributed by atoms with Crippen molar-refractivity contribution in [2.24, 2.45) is 5.92 Å². The van der Waals surface area contributed by atoms with Crippen molar-refractivity contribution in [3.05, 3.63) is 18.2 Å². The first-order valence-electron chi connectivity index (χ1n) is 8.40. The molecule has 3 N–H and O–H groups in total. The molecule has 1 aromatic carbocycles. The topological polar surface area (TPSA) is 79.8 Å². The number of β-amino-alcohol motifs (C(OH)–C–C–N with tert-alkyl or cyclic N) is 1. The molecular weight excluding hydrogens is 364 g/mol. The Kier molecular flexibility index (Phi) is 8.15. The van der Waals surface area contributed by atoms with E-state index in [0.717, 1.165) is 29.4 Å². The van der Waals surface area contributed by atoms with E-state index in [0.29, 0.717) is 38.5 Å². The van der Waals surface area contributed by atoms with Crippen LogP contribution >= 0.6 is 24.2 Å². The molecule has 0 radical (unpaired) electrons. The molecular formula is C17H25ClN2O4S. The Hall–Kier alpha value is -1.15. The quantitative estimate of drug-likeness (QED) is 0.640. The molecule has 25 heavy (non-hydrogen) atoms.